The van der Waals surface area contributed by atoms with Crippen molar-refractivity contribution in [1.29, 1.82) is 0 Å². The van der Waals surface area contributed by atoms with E-state index in [-0.39, 0.29) is 16.9 Å². The smallest absolute Gasteiger partial charge is 0.309 e. The number of esters is 1. The van der Waals surface area contributed by atoms with Crippen molar-refractivity contribution in [2.45, 2.75) is 65.1 Å². The zero-order valence-corrected chi connectivity index (χ0v) is 18.4. The summed E-state index contributed by atoms with van der Waals surface area (Å²) in [5, 5.41) is 0.225. The molecule has 1 aromatic rings. The van der Waals surface area contributed by atoms with E-state index in [0.29, 0.717) is 19.1 Å². The number of hydrogen-bond acceptors (Lipinski definition) is 3. The Morgan fingerprint density at radius 3 is 2.62 bits per heavy atom. The molecule has 0 N–H and O–H groups in total. The lowest BCUT2D eigenvalue weighted by Gasteiger charge is -2.35. The van der Waals surface area contributed by atoms with Crippen molar-refractivity contribution in [3.63, 3.8) is 0 Å². The third-order valence-electron chi connectivity index (χ3n) is 5.79. The molecule has 1 saturated carbocycles. The molecule has 2 unspecified atom stereocenters. The van der Waals surface area contributed by atoms with Gasteiger partial charge >= 0.3 is 5.97 Å². The molecule has 4 heteroatoms. The molecule has 3 nitrogen and oxygen atoms in total. The van der Waals surface area contributed by atoms with Crippen LogP contribution in [0.25, 0.3) is 5.57 Å². The molecule has 1 aromatic carbocycles. The van der Waals surface area contributed by atoms with Crippen LogP contribution in [0.1, 0.15) is 58.1 Å². The fourth-order valence-corrected chi connectivity index (χ4v) is 3.73. The molecule has 0 heterocycles. The summed E-state index contributed by atoms with van der Waals surface area (Å²) in [6.45, 7) is 16.4. The molecule has 0 radical (unpaired) electrons. The van der Waals surface area contributed by atoms with Crippen LogP contribution in [0.4, 0.5) is 0 Å². The number of allylic oxidation sites excluding steroid dienone is 1. The van der Waals surface area contributed by atoms with E-state index >= 15 is 0 Å². The summed E-state index contributed by atoms with van der Waals surface area (Å²) in [4.78, 5) is 11.9. The van der Waals surface area contributed by atoms with Crippen molar-refractivity contribution in [3.05, 3.63) is 41.5 Å². The fraction of sp³-hybridized carbons (Fsp3) is 0.591. The first-order chi connectivity index (χ1) is 12.1. The van der Waals surface area contributed by atoms with Gasteiger partial charge in [-0.25, -0.2) is 0 Å². The van der Waals surface area contributed by atoms with Gasteiger partial charge in [0.1, 0.15) is 0 Å². The largest absolute Gasteiger partial charge is 0.466 e. The van der Waals surface area contributed by atoms with Gasteiger partial charge in [-0.1, -0.05) is 51.1 Å². The first-order valence-electron chi connectivity index (χ1n) is 9.64. The van der Waals surface area contributed by atoms with Gasteiger partial charge in [0, 0.05) is 0 Å². The van der Waals surface area contributed by atoms with E-state index < -0.39 is 8.32 Å². The van der Waals surface area contributed by atoms with Gasteiger partial charge < -0.3 is 9.16 Å². The van der Waals surface area contributed by atoms with Gasteiger partial charge in [0.25, 0.3) is 0 Å². The summed E-state index contributed by atoms with van der Waals surface area (Å²) >= 11 is 0. The van der Waals surface area contributed by atoms with Gasteiger partial charge in [0.2, 0.25) is 0 Å². The number of carbonyl (C=O) groups excluding carboxylic acids is 1. The Balaban J connectivity index is 2.00. The number of hydrogen-bond donors (Lipinski definition) is 0. The van der Waals surface area contributed by atoms with Crippen molar-refractivity contribution in [3.8, 4) is 0 Å². The van der Waals surface area contributed by atoms with Gasteiger partial charge in [0.15, 0.2) is 8.32 Å². The molecule has 0 spiro atoms. The Morgan fingerprint density at radius 1 is 1.31 bits per heavy atom. The molecule has 0 amide bonds. The summed E-state index contributed by atoms with van der Waals surface area (Å²) < 4.78 is 11.4. The molecule has 144 valence electrons. The Kier molecular flexibility index (Phi) is 6.51. The summed E-state index contributed by atoms with van der Waals surface area (Å²) in [6, 6.07) is 8.54. The zero-order chi connectivity index (χ0) is 19.5. The Morgan fingerprint density at radius 2 is 2.00 bits per heavy atom. The molecule has 0 aliphatic heterocycles. The van der Waals surface area contributed by atoms with Crippen LogP contribution in [-0.2, 0) is 14.0 Å². The zero-order valence-electron chi connectivity index (χ0n) is 17.4. The van der Waals surface area contributed by atoms with E-state index in [1.807, 2.05) is 6.92 Å². The Bertz CT molecular complexity index is 670. The maximum Gasteiger partial charge on any atom is 0.309 e. The highest BCUT2D eigenvalue weighted by Gasteiger charge is 2.45. The lowest BCUT2D eigenvalue weighted by atomic mass is 10.0. The van der Waals surface area contributed by atoms with Crippen molar-refractivity contribution < 1.29 is 14.0 Å². The monoisotopic (exact) mass is 374 g/mol. The fourth-order valence-electron chi connectivity index (χ4n) is 2.80. The third kappa shape index (κ3) is 5.07. The van der Waals surface area contributed by atoms with Crippen LogP contribution in [0.2, 0.25) is 18.1 Å². The minimum Gasteiger partial charge on any atom is -0.466 e. The first-order valence-corrected chi connectivity index (χ1v) is 12.6. The molecule has 1 aliphatic rings. The second-order valence-corrected chi connectivity index (χ2v) is 13.6. The lowest BCUT2D eigenvalue weighted by Crippen LogP contribution is -2.40. The summed E-state index contributed by atoms with van der Waals surface area (Å²) in [5.74, 6) is 0.291. The van der Waals surface area contributed by atoms with Crippen LogP contribution in [-0.4, -0.2) is 27.5 Å². The Labute approximate surface area is 159 Å². The van der Waals surface area contributed by atoms with Crippen LogP contribution in [0, 0.1) is 5.92 Å². The van der Waals surface area contributed by atoms with Crippen LogP contribution in [0.15, 0.2) is 30.3 Å². The molecule has 26 heavy (non-hydrogen) atoms. The highest BCUT2D eigenvalue weighted by Crippen LogP contribution is 2.48. The topological polar surface area (TPSA) is 35.5 Å². The van der Waals surface area contributed by atoms with Gasteiger partial charge in [0.05, 0.1) is 19.1 Å². The van der Waals surface area contributed by atoms with Crippen molar-refractivity contribution in [2.24, 2.45) is 5.92 Å². The molecule has 0 bridgehead atoms. The van der Waals surface area contributed by atoms with Gasteiger partial charge in [-0.15, -0.1) is 0 Å². The summed E-state index contributed by atoms with van der Waals surface area (Å²) in [5.41, 5.74) is 3.66. The molecular weight excluding hydrogens is 340 g/mol. The quantitative estimate of drug-likeness (QED) is 0.448. The molecule has 2 atom stereocenters. The maximum absolute atomic E-state index is 11.9. The second-order valence-electron chi connectivity index (χ2n) is 8.78. The lowest BCUT2D eigenvalue weighted by molar-refractivity contribution is -0.144. The van der Waals surface area contributed by atoms with Crippen molar-refractivity contribution in [1.82, 2.24) is 0 Å². The van der Waals surface area contributed by atoms with Crippen molar-refractivity contribution in [2.75, 3.05) is 13.2 Å². The molecule has 1 fully saturated rings. The van der Waals surface area contributed by atoms with Crippen LogP contribution in [0.3, 0.4) is 0 Å². The second kappa shape index (κ2) is 8.09. The molecule has 2 rings (SSSR count). The highest BCUT2D eigenvalue weighted by atomic mass is 28.4. The van der Waals surface area contributed by atoms with E-state index in [0.717, 1.165) is 6.42 Å². The number of carbonyl (C=O) groups is 1. The molecular formula is C22H34O3Si. The van der Waals surface area contributed by atoms with E-state index in [2.05, 4.69) is 71.1 Å². The maximum atomic E-state index is 11.9. The molecule has 1 aliphatic carbocycles. The van der Waals surface area contributed by atoms with Gasteiger partial charge in [-0.2, -0.15) is 0 Å². The third-order valence-corrected chi connectivity index (χ3v) is 10.3. The van der Waals surface area contributed by atoms with Crippen LogP contribution < -0.4 is 0 Å². The van der Waals surface area contributed by atoms with Crippen molar-refractivity contribution >= 4 is 19.9 Å². The Hall–Kier alpha value is -1.39. The number of ether oxygens (including phenoxy) is 1. The first kappa shape index (κ1) is 20.9. The number of rotatable bonds is 7. The highest BCUT2D eigenvalue weighted by molar-refractivity contribution is 6.74. The minimum absolute atomic E-state index is 0.0383. The molecule has 0 aromatic heterocycles. The predicted octanol–water partition coefficient (Wildman–Crippen LogP) is 5.78. The van der Waals surface area contributed by atoms with Gasteiger partial charge in [-0.3, -0.25) is 4.79 Å². The van der Waals surface area contributed by atoms with Crippen LogP contribution >= 0.6 is 0 Å². The van der Waals surface area contributed by atoms with E-state index in [9.17, 15) is 4.79 Å². The summed E-state index contributed by atoms with van der Waals surface area (Å²) in [7, 11) is -1.72. The van der Waals surface area contributed by atoms with E-state index in [1.165, 1.54) is 16.7 Å². The van der Waals surface area contributed by atoms with E-state index in [4.69, 9.17) is 9.16 Å². The molecule has 0 saturated heterocycles. The standard InChI is InChI=1S/C22H34O3Si/c1-8-24-21(23)20-15-19(20)18-11-9-10-17(14-18)16(2)12-13-25-26(6,7)22(3,4)5/h9-12,14,19-20H,8,13,15H2,1-7H3/b16-12+. The predicted molar refractivity (Wildman–Crippen MR) is 111 cm³/mol. The number of benzene rings is 1. The minimum atomic E-state index is -1.72. The van der Waals surface area contributed by atoms with Crippen LogP contribution in [0.5, 0.6) is 0 Å². The van der Waals surface area contributed by atoms with Gasteiger partial charge in [-0.05, 0) is 61.0 Å². The average molecular weight is 375 g/mol. The average Bonchev–Trinajstić information content (AvgIpc) is 3.34. The normalized spacial score (nSPS) is 20.8. The summed E-state index contributed by atoms with van der Waals surface area (Å²) in [6.07, 6.45) is 3.08. The van der Waals surface area contributed by atoms with E-state index in [1.54, 1.807) is 0 Å². The SMILES string of the molecule is CCOC(=O)C1CC1c1cccc(/C(C)=C/CO[Si](C)(C)C(C)(C)C)c1.